The Morgan fingerprint density at radius 1 is 0.952 bits per heavy atom. The van der Waals surface area contributed by atoms with Gasteiger partial charge in [-0.15, -0.1) is 0 Å². The normalized spacial score (nSPS) is 61.8. The molecular weight excluding hydrogens is 344 g/mol. The molecule has 0 aromatic carbocycles. The van der Waals surface area contributed by atoms with Crippen molar-refractivity contribution in [3.8, 4) is 0 Å². The quantitative estimate of drug-likeness (QED) is 0.561. The molecule has 2 bridgehead atoms. The number of hydrogen-bond donors (Lipinski definition) is 2. The molecule has 6 aliphatic carbocycles. The second kappa shape index (κ2) is 2.78. The standard InChI is InChI=1S/C14H13BrO6/c15-13-6-3-7(13)5-8(14(13)20-1-2-21-14)4(6)12(3,5)9(10(16)17)11(18)19/h3-9H,1-2H2,(H,16,17)(H,18,19)/t3?,4-,5-,6-,7+,8?,12?,13?/m0/s1. The lowest BCUT2D eigenvalue weighted by Gasteiger charge is -2.92. The molecule has 0 aromatic heterocycles. The molecule has 7 aliphatic rings. The van der Waals surface area contributed by atoms with Crippen LogP contribution in [0.1, 0.15) is 0 Å². The van der Waals surface area contributed by atoms with Crippen molar-refractivity contribution in [2.24, 2.45) is 46.8 Å². The third-order valence-corrected chi connectivity index (χ3v) is 9.32. The van der Waals surface area contributed by atoms with Crippen LogP contribution in [0.25, 0.3) is 0 Å². The topological polar surface area (TPSA) is 93.1 Å². The summed E-state index contributed by atoms with van der Waals surface area (Å²) in [5, 5.41) is 18.8. The molecule has 4 unspecified atom stereocenters. The molecule has 2 N–H and O–H groups in total. The Labute approximate surface area is 127 Å². The first-order chi connectivity index (χ1) is 9.95. The zero-order valence-corrected chi connectivity index (χ0v) is 12.4. The predicted molar refractivity (Wildman–Crippen MR) is 68.4 cm³/mol. The van der Waals surface area contributed by atoms with Crippen molar-refractivity contribution in [2.75, 3.05) is 13.2 Å². The van der Waals surface area contributed by atoms with Crippen LogP contribution in [0.5, 0.6) is 0 Å². The molecule has 1 saturated heterocycles. The molecule has 0 radical (unpaired) electrons. The minimum absolute atomic E-state index is 0.132. The van der Waals surface area contributed by atoms with Crippen LogP contribution in [-0.2, 0) is 19.1 Å². The first-order valence-corrected chi connectivity index (χ1v) is 8.17. The molecule has 112 valence electrons. The molecule has 1 aliphatic heterocycles. The third kappa shape index (κ3) is 0.697. The van der Waals surface area contributed by atoms with E-state index in [4.69, 9.17) is 9.47 Å². The Morgan fingerprint density at radius 2 is 1.43 bits per heavy atom. The van der Waals surface area contributed by atoms with E-state index in [1.807, 2.05) is 0 Å². The lowest BCUT2D eigenvalue weighted by Crippen LogP contribution is -2.94. The van der Waals surface area contributed by atoms with E-state index in [1.54, 1.807) is 0 Å². The molecule has 7 fully saturated rings. The summed E-state index contributed by atoms with van der Waals surface area (Å²) in [6.07, 6.45) is 0. The fourth-order valence-corrected chi connectivity index (χ4v) is 9.44. The molecule has 6 saturated carbocycles. The number of alkyl halides is 1. The van der Waals surface area contributed by atoms with Gasteiger partial charge >= 0.3 is 11.9 Å². The van der Waals surface area contributed by atoms with E-state index in [1.165, 1.54) is 0 Å². The summed E-state index contributed by atoms with van der Waals surface area (Å²) in [5.41, 5.74) is -0.520. The number of halogens is 1. The first-order valence-electron chi connectivity index (χ1n) is 7.38. The van der Waals surface area contributed by atoms with Crippen LogP contribution in [0.15, 0.2) is 0 Å². The van der Waals surface area contributed by atoms with Gasteiger partial charge in [-0.25, -0.2) is 0 Å². The van der Waals surface area contributed by atoms with Gasteiger partial charge in [-0.3, -0.25) is 9.59 Å². The zero-order chi connectivity index (χ0) is 14.5. The highest BCUT2D eigenvalue weighted by molar-refractivity contribution is 9.10. The summed E-state index contributed by atoms with van der Waals surface area (Å²) in [4.78, 5) is 23.0. The summed E-state index contributed by atoms with van der Waals surface area (Å²) in [7, 11) is 0. The van der Waals surface area contributed by atoms with Crippen molar-refractivity contribution >= 4 is 27.9 Å². The zero-order valence-electron chi connectivity index (χ0n) is 10.9. The second-order valence-electron chi connectivity index (χ2n) is 7.40. The van der Waals surface area contributed by atoms with E-state index in [2.05, 4.69) is 15.9 Å². The van der Waals surface area contributed by atoms with E-state index in [9.17, 15) is 19.8 Å². The largest absolute Gasteiger partial charge is 0.481 e. The van der Waals surface area contributed by atoms with Gasteiger partial charge in [0.25, 0.3) is 0 Å². The van der Waals surface area contributed by atoms with Gasteiger partial charge in [0.1, 0.15) is 0 Å². The highest BCUT2D eigenvalue weighted by atomic mass is 79.9. The minimum atomic E-state index is -1.27. The molecule has 0 aromatic rings. The lowest BCUT2D eigenvalue weighted by molar-refractivity contribution is -0.450. The summed E-state index contributed by atoms with van der Waals surface area (Å²) < 4.78 is 11.8. The summed E-state index contributed by atoms with van der Waals surface area (Å²) in [5.74, 6) is -2.93. The van der Waals surface area contributed by atoms with Crippen LogP contribution < -0.4 is 0 Å². The first kappa shape index (κ1) is 11.8. The number of carboxylic acid groups (broad SMARTS) is 2. The molecule has 8 atom stereocenters. The molecule has 0 amide bonds. The van der Waals surface area contributed by atoms with Crippen molar-refractivity contribution in [2.45, 2.75) is 10.1 Å². The summed E-state index contributed by atoms with van der Waals surface area (Å²) in [6, 6.07) is 0. The fourth-order valence-electron chi connectivity index (χ4n) is 7.81. The highest BCUT2D eigenvalue weighted by Gasteiger charge is 3.10. The molecule has 7 heteroatoms. The SMILES string of the molecule is O=C(O)C(C(=O)O)C12C3[C@@H]4[C@H]1C1[C@@H]2[C@H]3C4(Br)C12OCCO2. The Bertz CT molecular complexity index is 605. The predicted octanol–water partition coefficient (Wildman–Crippen LogP) is 0.400. The Morgan fingerprint density at radius 3 is 1.90 bits per heavy atom. The van der Waals surface area contributed by atoms with Crippen LogP contribution >= 0.6 is 15.9 Å². The highest BCUT2D eigenvalue weighted by Crippen LogP contribution is 3.05. The Hall–Kier alpha value is -0.660. The van der Waals surface area contributed by atoms with Crippen LogP contribution in [0.3, 0.4) is 0 Å². The molecule has 1 spiro atoms. The van der Waals surface area contributed by atoms with E-state index in [0.29, 0.717) is 25.0 Å². The van der Waals surface area contributed by atoms with Crippen LogP contribution in [0, 0.1) is 46.8 Å². The number of aliphatic carboxylic acids is 2. The van der Waals surface area contributed by atoms with Gasteiger partial charge < -0.3 is 19.7 Å². The number of hydrogen-bond acceptors (Lipinski definition) is 4. The third-order valence-electron chi connectivity index (χ3n) is 7.71. The number of carboxylic acids is 2. The van der Waals surface area contributed by atoms with Crippen molar-refractivity contribution < 1.29 is 29.3 Å². The lowest BCUT2D eigenvalue weighted by atomic mass is 9.11. The molecule has 21 heavy (non-hydrogen) atoms. The van der Waals surface area contributed by atoms with Gasteiger partial charge in [0.05, 0.1) is 17.5 Å². The van der Waals surface area contributed by atoms with Gasteiger partial charge in [0.2, 0.25) is 0 Å². The van der Waals surface area contributed by atoms with Gasteiger partial charge in [0.15, 0.2) is 11.7 Å². The molecule has 1 heterocycles. The average Bonchev–Trinajstić information content (AvgIpc) is 2.94. The van der Waals surface area contributed by atoms with Gasteiger partial charge in [-0.05, 0) is 29.6 Å². The van der Waals surface area contributed by atoms with Crippen molar-refractivity contribution in [3.05, 3.63) is 0 Å². The van der Waals surface area contributed by atoms with Crippen LogP contribution in [0.4, 0.5) is 0 Å². The molecule has 6 nitrogen and oxygen atoms in total. The van der Waals surface area contributed by atoms with Crippen molar-refractivity contribution in [3.63, 3.8) is 0 Å². The number of carbonyl (C=O) groups is 2. The maximum atomic E-state index is 11.5. The summed E-state index contributed by atoms with van der Waals surface area (Å²) >= 11 is 3.88. The van der Waals surface area contributed by atoms with Crippen LogP contribution in [0.2, 0.25) is 0 Å². The van der Waals surface area contributed by atoms with E-state index in [0.717, 1.165) is 0 Å². The Kier molecular flexibility index (Phi) is 1.57. The van der Waals surface area contributed by atoms with Crippen molar-refractivity contribution in [1.82, 2.24) is 0 Å². The summed E-state index contributed by atoms with van der Waals surface area (Å²) in [6.45, 7) is 1.14. The average molecular weight is 357 g/mol. The monoisotopic (exact) mass is 356 g/mol. The van der Waals surface area contributed by atoms with Gasteiger partial charge in [-0.1, -0.05) is 15.9 Å². The Balaban J connectivity index is 1.49. The van der Waals surface area contributed by atoms with Crippen LogP contribution in [-0.4, -0.2) is 45.5 Å². The minimum Gasteiger partial charge on any atom is -0.481 e. The number of rotatable bonds is 3. The van der Waals surface area contributed by atoms with E-state index >= 15 is 0 Å². The smallest absolute Gasteiger partial charge is 0.318 e. The second-order valence-corrected chi connectivity index (χ2v) is 8.71. The maximum absolute atomic E-state index is 11.5. The van der Waals surface area contributed by atoms with E-state index < -0.39 is 29.1 Å². The fraction of sp³-hybridized carbons (Fsp3) is 0.857. The molecule has 7 rings (SSSR count). The van der Waals surface area contributed by atoms with E-state index in [-0.39, 0.29) is 28.0 Å². The number of ether oxygens (including phenoxy) is 2. The maximum Gasteiger partial charge on any atom is 0.318 e. The van der Waals surface area contributed by atoms with Gasteiger partial charge in [0, 0.05) is 11.3 Å². The van der Waals surface area contributed by atoms with Crippen molar-refractivity contribution in [1.29, 1.82) is 0 Å². The van der Waals surface area contributed by atoms with Gasteiger partial charge in [-0.2, -0.15) is 0 Å². The molecular formula is C14H13BrO6.